The Bertz CT molecular complexity index is 173. The molecule has 19 heavy (non-hydrogen) atoms. The van der Waals surface area contributed by atoms with Crippen LogP contribution >= 0.6 is 0 Å². The van der Waals surface area contributed by atoms with Crippen molar-refractivity contribution in [3.8, 4) is 0 Å². The van der Waals surface area contributed by atoms with Crippen molar-refractivity contribution in [2.75, 3.05) is 26.2 Å². The molecule has 0 N–H and O–H groups in total. The minimum absolute atomic E-state index is 0.718. The Labute approximate surface area is 123 Å². The standard InChI is InChI=1S/C16H36BN2/c1-13(2)9-18(10-14(3)4)17-19(11-15(5)6)12-16(7)8/h13-16H,9-12H2,1-8H3. The molecule has 0 saturated carbocycles. The van der Waals surface area contributed by atoms with Crippen LogP contribution in [0.5, 0.6) is 0 Å². The second-order valence-electron chi connectivity index (χ2n) is 7.60. The molecule has 1 radical (unpaired) electrons. The van der Waals surface area contributed by atoms with Crippen LogP contribution in [0.1, 0.15) is 55.4 Å². The van der Waals surface area contributed by atoms with Gasteiger partial charge in [-0.2, -0.15) is 0 Å². The fourth-order valence-corrected chi connectivity index (χ4v) is 2.44. The number of nitrogens with zero attached hydrogens (tertiary/aromatic N) is 2. The molecule has 0 bridgehead atoms. The van der Waals surface area contributed by atoms with Gasteiger partial charge in [0, 0.05) is 0 Å². The molecule has 0 heterocycles. The van der Waals surface area contributed by atoms with Gasteiger partial charge in [-0.1, -0.05) is 55.4 Å². The molecule has 3 heteroatoms. The molecule has 0 aromatic carbocycles. The fraction of sp³-hybridized carbons (Fsp3) is 1.00. The van der Waals surface area contributed by atoms with Gasteiger partial charge in [-0.15, -0.1) is 0 Å². The van der Waals surface area contributed by atoms with Gasteiger partial charge in [0.1, 0.15) is 0 Å². The smallest absolute Gasteiger partial charge is 0.313 e. The molecule has 0 spiro atoms. The first-order chi connectivity index (χ1) is 8.70. The molecule has 0 unspecified atom stereocenters. The van der Waals surface area contributed by atoms with E-state index < -0.39 is 0 Å². The van der Waals surface area contributed by atoms with Gasteiger partial charge in [0.2, 0.25) is 0 Å². The van der Waals surface area contributed by atoms with Crippen molar-refractivity contribution in [3.05, 3.63) is 0 Å². The second-order valence-corrected chi connectivity index (χ2v) is 7.60. The van der Waals surface area contributed by atoms with Crippen LogP contribution in [0.15, 0.2) is 0 Å². The maximum absolute atomic E-state index is 2.51. The summed E-state index contributed by atoms with van der Waals surface area (Å²) in [7, 11) is 2.39. The quantitative estimate of drug-likeness (QED) is 0.556. The molecule has 0 amide bonds. The zero-order valence-corrected chi connectivity index (χ0v) is 14.6. The van der Waals surface area contributed by atoms with Crippen molar-refractivity contribution in [2.24, 2.45) is 23.7 Å². The first-order valence-corrected chi connectivity index (χ1v) is 8.03. The molecule has 0 saturated heterocycles. The lowest BCUT2D eigenvalue weighted by atomic mass is 9.95. The summed E-state index contributed by atoms with van der Waals surface area (Å²) in [6.45, 7) is 23.0. The summed E-state index contributed by atoms with van der Waals surface area (Å²) in [6.07, 6.45) is 0. The molecular formula is C16H36BN2. The largest absolute Gasteiger partial charge is 0.331 e. The first-order valence-electron chi connectivity index (χ1n) is 8.03. The van der Waals surface area contributed by atoms with Gasteiger partial charge in [-0.25, -0.2) is 0 Å². The fourth-order valence-electron chi connectivity index (χ4n) is 2.44. The van der Waals surface area contributed by atoms with Crippen LogP contribution in [-0.4, -0.2) is 43.4 Å². The summed E-state index contributed by atoms with van der Waals surface area (Å²) in [5, 5.41) is 0. The summed E-state index contributed by atoms with van der Waals surface area (Å²) in [6, 6.07) is 0. The maximum Gasteiger partial charge on any atom is 0.313 e. The average Bonchev–Trinajstić information content (AvgIpc) is 2.11. The highest BCUT2D eigenvalue weighted by atomic mass is 15.2. The van der Waals surface area contributed by atoms with Crippen LogP contribution in [-0.2, 0) is 0 Å². The molecule has 0 aliphatic rings. The zero-order valence-electron chi connectivity index (χ0n) is 14.6. The molecule has 0 aromatic heterocycles. The van der Waals surface area contributed by atoms with Crippen molar-refractivity contribution < 1.29 is 0 Å². The highest BCUT2D eigenvalue weighted by Crippen LogP contribution is 2.07. The van der Waals surface area contributed by atoms with E-state index in [1.165, 1.54) is 0 Å². The third kappa shape index (κ3) is 11.5. The molecule has 0 aromatic rings. The normalized spacial score (nSPS) is 12.7. The van der Waals surface area contributed by atoms with Gasteiger partial charge in [0.05, 0.1) is 0 Å². The van der Waals surface area contributed by atoms with E-state index in [1.807, 2.05) is 0 Å². The third-order valence-corrected chi connectivity index (χ3v) is 2.73. The number of hydrogen-bond acceptors (Lipinski definition) is 2. The average molecular weight is 267 g/mol. The molecule has 0 rings (SSSR count). The third-order valence-electron chi connectivity index (χ3n) is 2.73. The van der Waals surface area contributed by atoms with E-state index in [4.69, 9.17) is 0 Å². The molecular weight excluding hydrogens is 231 g/mol. The van der Waals surface area contributed by atoms with Crippen molar-refractivity contribution in [3.63, 3.8) is 0 Å². The van der Waals surface area contributed by atoms with Crippen molar-refractivity contribution in [1.29, 1.82) is 0 Å². The van der Waals surface area contributed by atoms with Gasteiger partial charge in [-0.05, 0) is 49.9 Å². The maximum atomic E-state index is 2.51. The van der Waals surface area contributed by atoms with Gasteiger partial charge >= 0.3 is 7.55 Å². The number of rotatable bonds is 10. The summed E-state index contributed by atoms with van der Waals surface area (Å²) in [5.74, 6) is 2.87. The van der Waals surface area contributed by atoms with E-state index in [9.17, 15) is 0 Å². The second kappa shape index (κ2) is 9.82. The molecule has 0 aliphatic heterocycles. The Morgan fingerprint density at radius 2 is 0.737 bits per heavy atom. The highest BCUT2D eigenvalue weighted by Gasteiger charge is 2.18. The molecule has 0 fully saturated rings. The van der Waals surface area contributed by atoms with Crippen LogP contribution in [0.4, 0.5) is 0 Å². The van der Waals surface area contributed by atoms with E-state index in [2.05, 4.69) is 72.6 Å². The zero-order chi connectivity index (χ0) is 15.0. The summed E-state index contributed by atoms with van der Waals surface area (Å²) in [5.41, 5.74) is 0. The monoisotopic (exact) mass is 267 g/mol. The number of hydrogen-bond donors (Lipinski definition) is 0. The van der Waals surface area contributed by atoms with E-state index in [0.29, 0.717) is 0 Å². The van der Waals surface area contributed by atoms with Crippen LogP contribution in [0.25, 0.3) is 0 Å². The van der Waals surface area contributed by atoms with Crippen molar-refractivity contribution in [1.82, 2.24) is 9.62 Å². The van der Waals surface area contributed by atoms with E-state index in [0.717, 1.165) is 49.9 Å². The summed E-state index contributed by atoms with van der Waals surface area (Å²) in [4.78, 5) is 5.03. The first kappa shape index (κ1) is 19.0. The van der Waals surface area contributed by atoms with Gasteiger partial charge in [-0.3, -0.25) is 0 Å². The minimum atomic E-state index is 0.718. The Morgan fingerprint density at radius 1 is 0.526 bits per heavy atom. The lowest BCUT2D eigenvalue weighted by molar-refractivity contribution is 0.281. The SMILES string of the molecule is CC(C)CN([B]N(CC(C)C)CC(C)C)CC(C)C. The van der Waals surface area contributed by atoms with Crippen LogP contribution in [0.3, 0.4) is 0 Å². The predicted molar refractivity (Wildman–Crippen MR) is 88.3 cm³/mol. The van der Waals surface area contributed by atoms with Crippen LogP contribution in [0, 0.1) is 23.7 Å². The molecule has 0 aliphatic carbocycles. The predicted octanol–water partition coefficient (Wildman–Crippen LogP) is 3.75. The molecule has 0 atom stereocenters. The molecule has 2 nitrogen and oxygen atoms in total. The lowest BCUT2D eigenvalue weighted by Crippen LogP contribution is -2.47. The van der Waals surface area contributed by atoms with E-state index >= 15 is 0 Å². The highest BCUT2D eigenvalue weighted by molar-refractivity contribution is 6.28. The lowest BCUT2D eigenvalue weighted by Gasteiger charge is -2.33. The Balaban J connectivity index is 4.51. The van der Waals surface area contributed by atoms with Gasteiger partial charge in [0.15, 0.2) is 0 Å². The van der Waals surface area contributed by atoms with Gasteiger partial charge in [0.25, 0.3) is 0 Å². The van der Waals surface area contributed by atoms with Crippen LogP contribution in [0.2, 0.25) is 0 Å². The topological polar surface area (TPSA) is 6.48 Å². The van der Waals surface area contributed by atoms with E-state index in [-0.39, 0.29) is 0 Å². The summed E-state index contributed by atoms with van der Waals surface area (Å²) >= 11 is 0. The van der Waals surface area contributed by atoms with Crippen molar-refractivity contribution in [2.45, 2.75) is 55.4 Å². The Kier molecular flexibility index (Phi) is 9.81. The van der Waals surface area contributed by atoms with E-state index in [1.54, 1.807) is 0 Å². The van der Waals surface area contributed by atoms with Crippen molar-refractivity contribution >= 4 is 7.55 Å². The van der Waals surface area contributed by atoms with Gasteiger partial charge < -0.3 is 9.62 Å². The Morgan fingerprint density at radius 3 is 0.895 bits per heavy atom. The Hall–Kier alpha value is -0.0151. The summed E-state index contributed by atoms with van der Waals surface area (Å²) < 4.78 is 0. The van der Waals surface area contributed by atoms with Crippen LogP contribution < -0.4 is 0 Å². The minimum Gasteiger partial charge on any atom is -0.331 e. The molecule has 113 valence electrons.